The zero-order chi connectivity index (χ0) is 17.9. The molecule has 9 heteroatoms. The maximum Gasteiger partial charge on any atom is 0.302 e. The summed E-state index contributed by atoms with van der Waals surface area (Å²) in [6.07, 6.45) is 1.70. The molecule has 0 fully saturated rings. The van der Waals surface area contributed by atoms with Gasteiger partial charge in [-0.2, -0.15) is 4.98 Å². The summed E-state index contributed by atoms with van der Waals surface area (Å²) in [5.74, 6) is 0.736. The van der Waals surface area contributed by atoms with Gasteiger partial charge in [-0.05, 0) is 25.1 Å². The van der Waals surface area contributed by atoms with Gasteiger partial charge in [0.05, 0.1) is 5.69 Å². The first-order valence-electron chi connectivity index (χ1n) is 7.81. The fraction of sp³-hybridized carbons (Fsp3) is 0.118. The molecule has 4 aromatic rings. The molecule has 0 amide bonds. The number of nitrogens with one attached hydrogen (secondary N) is 2. The minimum atomic E-state index is -0.264. The lowest BCUT2D eigenvalue weighted by Gasteiger charge is -2.04. The van der Waals surface area contributed by atoms with Crippen molar-refractivity contribution in [2.75, 3.05) is 5.32 Å². The lowest BCUT2D eigenvalue weighted by Crippen LogP contribution is -2.11. The van der Waals surface area contributed by atoms with Crippen LogP contribution in [0.2, 0.25) is 0 Å². The molecular weight excluding hydrogens is 352 g/mol. The predicted molar refractivity (Wildman–Crippen MR) is 98.5 cm³/mol. The first kappa shape index (κ1) is 16.3. The number of hydrogen-bond donors (Lipinski definition) is 2. The highest BCUT2D eigenvalue weighted by atomic mass is 32.2. The summed E-state index contributed by atoms with van der Waals surface area (Å²) in [5, 5.41) is 3.54. The molecule has 0 unspecified atom stereocenters. The normalized spacial score (nSPS) is 11.0. The molecule has 0 bridgehead atoms. The molecule has 0 spiro atoms. The molecule has 0 saturated carbocycles. The second-order valence-corrected chi connectivity index (χ2v) is 6.41. The van der Waals surface area contributed by atoms with E-state index in [0.717, 1.165) is 11.2 Å². The number of para-hydroxylation sites is 2. The van der Waals surface area contributed by atoms with Crippen molar-refractivity contribution in [1.82, 2.24) is 24.9 Å². The number of aromatic nitrogens is 5. The molecule has 0 atom stereocenters. The number of oxazole rings is 1. The highest BCUT2D eigenvalue weighted by molar-refractivity contribution is 7.98. The molecule has 0 aliphatic heterocycles. The Morgan fingerprint density at radius 2 is 2.08 bits per heavy atom. The predicted octanol–water partition coefficient (Wildman–Crippen LogP) is 3.05. The quantitative estimate of drug-likeness (QED) is 0.410. The van der Waals surface area contributed by atoms with E-state index >= 15 is 0 Å². The van der Waals surface area contributed by atoms with E-state index in [4.69, 9.17) is 4.42 Å². The van der Waals surface area contributed by atoms with Crippen molar-refractivity contribution < 1.29 is 4.42 Å². The van der Waals surface area contributed by atoms with Crippen LogP contribution in [0.3, 0.4) is 0 Å². The Morgan fingerprint density at radius 3 is 2.92 bits per heavy atom. The highest BCUT2D eigenvalue weighted by Crippen LogP contribution is 2.21. The van der Waals surface area contributed by atoms with Crippen molar-refractivity contribution in [2.45, 2.75) is 17.8 Å². The van der Waals surface area contributed by atoms with Crippen molar-refractivity contribution in [1.29, 1.82) is 0 Å². The number of benzene rings is 1. The average Bonchev–Trinajstić information content (AvgIpc) is 3.02. The van der Waals surface area contributed by atoms with Crippen LogP contribution >= 0.6 is 11.8 Å². The van der Waals surface area contributed by atoms with E-state index in [1.807, 2.05) is 37.3 Å². The van der Waals surface area contributed by atoms with Gasteiger partial charge in [-0.15, -0.1) is 0 Å². The van der Waals surface area contributed by atoms with Gasteiger partial charge in [0.1, 0.15) is 5.52 Å². The van der Waals surface area contributed by atoms with E-state index < -0.39 is 0 Å². The lowest BCUT2D eigenvalue weighted by molar-refractivity contribution is 0.621. The van der Waals surface area contributed by atoms with Gasteiger partial charge in [-0.3, -0.25) is 15.1 Å². The largest absolute Gasteiger partial charge is 0.423 e. The number of H-pyrrole nitrogens is 1. The summed E-state index contributed by atoms with van der Waals surface area (Å²) >= 11 is 1.41. The zero-order valence-corrected chi connectivity index (χ0v) is 14.6. The van der Waals surface area contributed by atoms with Crippen molar-refractivity contribution in [2.24, 2.45) is 0 Å². The molecule has 26 heavy (non-hydrogen) atoms. The van der Waals surface area contributed by atoms with Gasteiger partial charge < -0.3 is 4.42 Å². The maximum atomic E-state index is 11.9. The Morgan fingerprint density at radius 1 is 1.19 bits per heavy atom. The molecule has 130 valence electrons. The van der Waals surface area contributed by atoms with Crippen LogP contribution in [0.15, 0.2) is 57.0 Å². The molecule has 3 heterocycles. The van der Waals surface area contributed by atoms with Gasteiger partial charge in [0.25, 0.3) is 5.56 Å². The van der Waals surface area contributed by atoms with Crippen molar-refractivity contribution >= 4 is 34.8 Å². The lowest BCUT2D eigenvalue weighted by atomic mass is 10.3. The van der Waals surface area contributed by atoms with Crippen LogP contribution in [-0.2, 0) is 5.75 Å². The number of anilines is 2. The monoisotopic (exact) mass is 366 g/mol. The van der Waals surface area contributed by atoms with Gasteiger partial charge in [0.2, 0.25) is 5.95 Å². The highest BCUT2D eigenvalue weighted by Gasteiger charge is 2.09. The summed E-state index contributed by atoms with van der Waals surface area (Å²) in [6, 6.07) is 10.9. The number of aryl methyl sites for hydroxylation is 1. The molecule has 1 aromatic carbocycles. The molecular formula is C17H14N6O2S. The van der Waals surface area contributed by atoms with Crippen LogP contribution < -0.4 is 10.9 Å². The van der Waals surface area contributed by atoms with Crippen molar-refractivity contribution in [3.05, 3.63) is 64.3 Å². The summed E-state index contributed by atoms with van der Waals surface area (Å²) in [7, 11) is 0. The fourth-order valence-electron chi connectivity index (χ4n) is 2.30. The van der Waals surface area contributed by atoms with Gasteiger partial charge in [0.15, 0.2) is 10.7 Å². The van der Waals surface area contributed by atoms with E-state index in [0.29, 0.717) is 22.2 Å². The second kappa shape index (κ2) is 6.96. The first-order chi connectivity index (χ1) is 12.7. The van der Waals surface area contributed by atoms with Crippen LogP contribution in [0.4, 0.5) is 12.0 Å². The van der Waals surface area contributed by atoms with Gasteiger partial charge in [-0.25, -0.2) is 15.0 Å². The Labute approximate surface area is 152 Å². The fourth-order valence-corrected chi connectivity index (χ4v) is 3.07. The minimum Gasteiger partial charge on any atom is -0.423 e. The third-order valence-corrected chi connectivity index (χ3v) is 4.33. The number of fused-ring (bicyclic) bond motifs is 1. The third-order valence-electron chi connectivity index (χ3n) is 3.44. The van der Waals surface area contributed by atoms with E-state index in [-0.39, 0.29) is 17.5 Å². The third kappa shape index (κ3) is 3.72. The van der Waals surface area contributed by atoms with Crippen LogP contribution in [0.1, 0.15) is 11.4 Å². The van der Waals surface area contributed by atoms with Crippen LogP contribution in [0.25, 0.3) is 11.1 Å². The van der Waals surface area contributed by atoms with Crippen LogP contribution in [-0.4, -0.2) is 24.9 Å². The average molecular weight is 366 g/mol. The number of thioether (sulfide) groups is 1. The molecule has 2 N–H and O–H groups in total. The summed E-state index contributed by atoms with van der Waals surface area (Å²) in [6.45, 7) is 1.90. The number of aromatic amines is 1. The SMILES string of the molecule is Cc1ccnc(SCc2cc(=O)[nH]c(Nc3nc4ccccc4o3)n2)n1. The standard InChI is InChI=1S/C17H14N6O2S/c1-10-6-7-18-17(19-10)26-9-11-8-14(24)22-15(20-11)23-16-21-12-4-2-3-5-13(12)25-16/h2-8H,9H2,1H3,(H2,20,21,22,23,24). The van der Waals surface area contributed by atoms with E-state index in [1.54, 1.807) is 6.20 Å². The molecule has 0 aliphatic rings. The minimum absolute atomic E-state index is 0.264. The first-order valence-corrected chi connectivity index (χ1v) is 8.79. The number of rotatable bonds is 5. The van der Waals surface area contributed by atoms with Gasteiger partial charge >= 0.3 is 6.01 Å². The van der Waals surface area contributed by atoms with E-state index in [2.05, 4.69) is 30.2 Å². The van der Waals surface area contributed by atoms with Gasteiger partial charge in [0, 0.05) is 23.7 Å². The molecule has 8 nitrogen and oxygen atoms in total. The summed E-state index contributed by atoms with van der Waals surface area (Å²) < 4.78 is 5.58. The second-order valence-electron chi connectivity index (χ2n) is 5.47. The van der Waals surface area contributed by atoms with Crippen LogP contribution in [0.5, 0.6) is 0 Å². The molecule has 3 aromatic heterocycles. The van der Waals surface area contributed by atoms with Crippen molar-refractivity contribution in [3.63, 3.8) is 0 Å². The van der Waals surface area contributed by atoms with E-state index in [1.165, 1.54) is 17.8 Å². The number of nitrogens with zero attached hydrogens (tertiary/aromatic N) is 4. The molecule has 4 rings (SSSR count). The van der Waals surface area contributed by atoms with E-state index in [9.17, 15) is 4.79 Å². The van der Waals surface area contributed by atoms with Crippen molar-refractivity contribution in [3.8, 4) is 0 Å². The number of hydrogen-bond acceptors (Lipinski definition) is 8. The maximum absolute atomic E-state index is 11.9. The summed E-state index contributed by atoms with van der Waals surface area (Å²) in [4.78, 5) is 31.8. The Kier molecular flexibility index (Phi) is 4.36. The topological polar surface area (TPSA) is 110 Å². The smallest absolute Gasteiger partial charge is 0.302 e. The Hall–Kier alpha value is -3.20. The molecule has 0 saturated heterocycles. The van der Waals surface area contributed by atoms with Gasteiger partial charge in [-0.1, -0.05) is 23.9 Å². The molecule has 0 aliphatic carbocycles. The Bertz CT molecular complexity index is 1090. The zero-order valence-electron chi connectivity index (χ0n) is 13.8. The Balaban J connectivity index is 1.53. The van der Waals surface area contributed by atoms with Crippen LogP contribution in [0, 0.1) is 6.92 Å². The molecule has 0 radical (unpaired) electrons. The summed E-state index contributed by atoms with van der Waals surface area (Å²) in [5.41, 5.74) is 2.60.